The fraction of sp³-hybridized carbons (Fsp3) is 0.900. The minimum Gasteiger partial charge on any atom is -0.298 e. The molecule has 76 valence electrons. The molecule has 0 aromatic heterocycles. The first-order chi connectivity index (χ1) is 5.69. The lowest BCUT2D eigenvalue weighted by Gasteiger charge is -2.52. The number of alkyl halides is 1. The molecule has 0 aromatic carbocycles. The average Bonchev–Trinajstić information content (AvgIpc) is 1.98. The van der Waals surface area contributed by atoms with Crippen molar-refractivity contribution < 1.29 is 4.79 Å². The third kappa shape index (κ3) is 1.68. The molecule has 1 heterocycles. The van der Waals surface area contributed by atoms with E-state index in [2.05, 4.69) is 55.6 Å². The first-order valence-electron chi connectivity index (χ1n) is 4.60. The van der Waals surface area contributed by atoms with Crippen molar-refractivity contribution in [3.05, 3.63) is 0 Å². The maximum Gasteiger partial charge on any atom is 0.150 e. The van der Waals surface area contributed by atoms with E-state index in [9.17, 15) is 4.79 Å². The number of piperidine rings is 1. The molecule has 0 unspecified atom stereocenters. The Hall–Kier alpha value is 0.110. The maximum atomic E-state index is 11.7. The highest BCUT2D eigenvalue weighted by Crippen LogP contribution is 2.38. The van der Waals surface area contributed by atoms with E-state index in [-0.39, 0.29) is 15.9 Å². The molecule has 0 radical (unpaired) electrons. The van der Waals surface area contributed by atoms with E-state index in [0.29, 0.717) is 12.2 Å². The summed E-state index contributed by atoms with van der Waals surface area (Å²) in [5, 5.41) is 0. The van der Waals surface area contributed by atoms with E-state index >= 15 is 0 Å². The van der Waals surface area contributed by atoms with E-state index < -0.39 is 0 Å². The Kier molecular flexibility index (Phi) is 2.63. The Morgan fingerprint density at radius 2 is 1.85 bits per heavy atom. The Morgan fingerprint density at radius 3 is 2.31 bits per heavy atom. The lowest BCUT2D eigenvalue weighted by Crippen LogP contribution is -2.64. The van der Waals surface area contributed by atoms with Crippen LogP contribution < -0.4 is 0 Å². The SMILES string of the molecule is CN1C(C)(C)CC(=O)[C@@H](Br)C1(C)C. The average molecular weight is 248 g/mol. The summed E-state index contributed by atoms with van der Waals surface area (Å²) >= 11 is 3.48. The molecule has 1 aliphatic heterocycles. The predicted octanol–water partition coefficient (Wildman–Crippen LogP) is 2.21. The molecule has 0 bridgehead atoms. The second kappa shape index (κ2) is 3.06. The lowest BCUT2D eigenvalue weighted by atomic mass is 9.79. The van der Waals surface area contributed by atoms with Crippen LogP contribution in [0, 0.1) is 0 Å². The predicted molar refractivity (Wildman–Crippen MR) is 58.3 cm³/mol. The van der Waals surface area contributed by atoms with Gasteiger partial charge in [0.05, 0.1) is 4.83 Å². The summed E-state index contributed by atoms with van der Waals surface area (Å²) in [7, 11) is 2.08. The maximum absolute atomic E-state index is 11.7. The number of hydrogen-bond donors (Lipinski definition) is 0. The van der Waals surface area contributed by atoms with Crippen LogP contribution in [0.2, 0.25) is 0 Å². The largest absolute Gasteiger partial charge is 0.298 e. The summed E-state index contributed by atoms with van der Waals surface area (Å²) in [5.41, 5.74) is -0.121. The van der Waals surface area contributed by atoms with E-state index in [1.54, 1.807) is 0 Å². The molecule has 13 heavy (non-hydrogen) atoms. The first kappa shape index (κ1) is 11.2. The van der Waals surface area contributed by atoms with Gasteiger partial charge in [0.15, 0.2) is 0 Å². The lowest BCUT2D eigenvalue weighted by molar-refractivity contribution is -0.130. The smallest absolute Gasteiger partial charge is 0.150 e. The Balaban J connectivity index is 3.03. The van der Waals surface area contributed by atoms with Crippen molar-refractivity contribution in [3.8, 4) is 0 Å². The third-order valence-corrected chi connectivity index (χ3v) is 4.91. The van der Waals surface area contributed by atoms with Crippen LogP contribution in [0.15, 0.2) is 0 Å². The number of carbonyl (C=O) groups excluding carboxylic acids is 1. The number of carbonyl (C=O) groups is 1. The van der Waals surface area contributed by atoms with Crippen molar-refractivity contribution in [1.82, 2.24) is 4.90 Å². The second-order valence-electron chi connectivity index (χ2n) is 5.03. The molecule has 1 aliphatic rings. The third-order valence-electron chi connectivity index (χ3n) is 3.28. The Labute approximate surface area is 88.8 Å². The van der Waals surface area contributed by atoms with Crippen molar-refractivity contribution >= 4 is 21.7 Å². The molecular weight excluding hydrogens is 230 g/mol. The molecular formula is C10H18BrNO. The monoisotopic (exact) mass is 247 g/mol. The topological polar surface area (TPSA) is 20.3 Å². The van der Waals surface area contributed by atoms with Crippen LogP contribution in [0.5, 0.6) is 0 Å². The summed E-state index contributed by atoms with van der Waals surface area (Å²) in [6.45, 7) is 8.44. The van der Waals surface area contributed by atoms with Crippen LogP contribution >= 0.6 is 15.9 Å². The highest BCUT2D eigenvalue weighted by molar-refractivity contribution is 9.10. The number of likely N-dealkylation sites (tertiary alicyclic amines) is 1. The summed E-state index contributed by atoms with van der Waals surface area (Å²) in [5.74, 6) is 0.313. The van der Waals surface area contributed by atoms with E-state index in [1.807, 2.05) is 0 Å². The van der Waals surface area contributed by atoms with Crippen LogP contribution in [0.1, 0.15) is 34.1 Å². The molecule has 1 atom stereocenters. The quantitative estimate of drug-likeness (QED) is 0.612. The van der Waals surface area contributed by atoms with Gasteiger partial charge in [0.25, 0.3) is 0 Å². The summed E-state index contributed by atoms with van der Waals surface area (Å²) in [6.07, 6.45) is 0.628. The van der Waals surface area contributed by atoms with Gasteiger partial charge in [-0.1, -0.05) is 15.9 Å². The van der Waals surface area contributed by atoms with Gasteiger partial charge in [-0.15, -0.1) is 0 Å². The van der Waals surface area contributed by atoms with Crippen LogP contribution in [0.4, 0.5) is 0 Å². The van der Waals surface area contributed by atoms with Gasteiger partial charge < -0.3 is 0 Å². The van der Waals surface area contributed by atoms with Crippen LogP contribution in [-0.2, 0) is 4.79 Å². The van der Waals surface area contributed by atoms with Gasteiger partial charge in [0.2, 0.25) is 0 Å². The van der Waals surface area contributed by atoms with Crippen molar-refractivity contribution in [1.29, 1.82) is 0 Å². The molecule has 0 aromatic rings. The molecule has 0 spiro atoms. The molecule has 1 fully saturated rings. The molecule has 1 rings (SSSR count). The van der Waals surface area contributed by atoms with Crippen LogP contribution in [0.3, 0.4) is 0 Å². The number of ketones is 1. The number of Topliss-reactive ketones (excluding diaryl/α,β-unsaturated/α-hetero) is 1. The van der Waals surface area contributed by atoms with Gasteiger partial charge in [-0.25, -0.2) is 0 Å². The van der Waals surface area contributed by atoms with Crippen molar-refractivity contribution in [2.45, 2.75) is 50.0 Å². The molecule has 1 saturated heterocycles. The zero-order chi connectivity index (χ0) is 10.4. The molecule has 3 heteroatoms. The highest BCUT2D eigenvalue weighted by atomic mass is 79.9. The first-order valence-corrected chi connectivity index (χ1v) is 5.52. The molecule has 2 nitrogen and oxygen atoms in total. The number of nitrogens with zero attached hydrogens (tertiary/aromatic N) is 1. The normalized spacial score (nSPS) is 33.4. The molecule has 0 amide bonds. The summed E-state index contributed by atoms with van der Waals surface area (Å²) in [4.78, 5) is 13.9. The van der Waals surface area contributed by atoms with Crippen molar-refractivity contribution in [2.75, 3.05) is 7.05 Å². The van der Waals surface area contributed by atoms with Crippen LogP contribution in [-0.4, -0.2) is 33.6 Å². The Bertz CT molecular complexity index is 235. The van der Waals surface area contributed by atoms with Gasteiger partial charge in [0.1, 0.15) is 5.78 Å². The summed E-state index contributed by atoms with van der Waals surface area (Å²) < 4.78 is 0. The zero-order valence-electron chi connectivity index (χ0n) is 9.02. The van der Waals surface area contributed by atoms with Crippen molar-refractivity contribution in [3.63, 3.8) is 0 Å². The highest BCUT2D eigenvalue weighted by Gasteiger charge is 2.48. The molecule has 0 N–H and O–H groups in total. The number of rotatable bonds is 0. The fourth-order valence-corrected chi connectivity index (χ4v) is 2.45. The van der Waals surface area contributed by atoms with E-state index in [1.165, 1.54) is 0 Å². The van der Waals surface area contributed by atoms with Gasteiger partial charge in [0, 0.05) is 17.5 Å². The zero-order valence-corrected chi connectivity index (χ0v) is 10.6. The van der Waals surface area contributed by atoms with Gasteiger partial charge in [-0.05, 0) is 34.7 Å². The molecule has 0 saturated carbocycles. The molecule has 0 aliphatic carbocycles. The van der Waals surface area contributed by atoms with Gasteiger partial charge in [-0.2, -0.15) is 0 Å². The second-order valence-corrected chi connectivity index (χ2v) is 5.95. The van der Waals surface area contributed by atoms with Gasteiger partial charge >= 0.3 is 0 Å². The van der Waals surface area contributed by atoms with Crippen LogP contribution in [0.25, 0.3) is 0 Å². The summed E-state index contributed by atoms with van der Waals surface area (Å²) in [6, 6.07) is 0. The van der Waals surface area contributed by atoms with Gasteiger partial charge in [-0.3, -0.25) is 9.69 Å². The Morgan fingerprint density at radius 1 is 1.38 bits per heavy atom. The minimum atomic E-state index is -0.0984. The number of hydrogen-bond acceptors (Lipinski definition) is 2. The minimum absolute atomic E-state index is 0.0230. The standard InChI is InChI=1S/C10H18BrNO/c1-9(2)6-7(13)8(11)10(3,4)12(9)5/h8H,6H2,1-5H3/t8-/m1/s1. The van der Waals surface area contributed by atoms with E-state index in [0.717, 1.165) is 0 Å². The number of halogens is 1. The van der Waals surface area contributed by atoms with E-state index in [4.69, 9.17) is 0 Å². The van der Waals surface area contributed by atoms with Crippen molar-refractivity contribution in [2.24, 2.45) is 0 Å². The fourth-order valence-electron chi connectivity index (χ4n) is 1.98.